The molecule has 0 unspecified atom stereocenters. The van der Waals surface area contributed by atoms with E-state index in [0.717, 1.165) is 23.5 Å². The first-order chi connectivity index (χ1) is 12.4. The number of thiazole rings is 1. The van der Waals surface area contributed by atoms with Crippen molar-refractivity contribution in [1.82, 2.24) is 10.3 Å². The van der Waals surface area contributed by atoms with E-state index < -0.39 is 23.4 Å². The van der Waals surface area contributed by atoms with Gasteiger partial charge in [0.1, 0.15) is 5.60 Å². The lowest BCUT2D eigenvalue weighted by Crippen LogP contribution is -2.27. The van der Waals surface area contributed by atoms with Crippen LogP contribution in [0.3, 0.4) is 0 Å². The van der Waals surface area contributed by atoms with Crippen molar-refractivity contribution in [1.29, 1.82) is 0 Å². The number of carbonyl (C=O) groups excluding carboxylic acids is 2. The zero-order chi connectivity index (χ0) is 20.4. The van der Waals surface area contributed by atoms with E-state index in [0.29, 0.717) is 0 Å². The van der Waals surface area contributed by atoms with E-state index in [4.69, 9.17) is 4.74 Å². The molecule has 2 rings (SSSR count). The van der Waals surface area contributed by atoms with Crippen molar-refractivity contribution in [3.05, 3.63) is 23.3 Å². The summed E-state index contributed by atoms with van der Waals surface area (Å²) in [5.74, 6) is -0.289. The average molecular weight is 403 g/mol. The summed E-state index contributed by atoms with van der Waals surface area (Å²) in [5, 5.41) is 5.09. The van der Waals surface area contributed by atoms with Gasteiger partial charge in [-0.2, -0.15) is 13.2 Å². The fourth-order valence-electron chi connectivity index (χ4n) is 2.16. The molecule has 148 valence electrons. The predicted molar refractivity (Wildman–Crippen MR) is 96.6 cm³/mol. The third-order valence-corrected chi connectivity index (χ3v) is 4.22. The molecule has 0 aliphatic heterocycles. The normalized spacial score (nSPS) is 12.1. The zero-order valence-electron chi connectivity index (χ0n) is 15.3. The summed E-state index contributed by atoms with van der Waals surface area (Å²) in [6, 6.07) is 1.92. The second kappa shape index (κ2) is 7.71. The number of hydrogen-bond donors (Lipinski definition) is 2. The molecule has 27 heavy (non-hydrogen) atoms. The van der Waals surface area contributed by atoms with Crippen molar-refractivity contribution in [3.63, 3.8) is 0 Å². The molecule has 10 heteroatoms. The lowest BCUT2D eigenvalue weighted by Gasteiger charge is -2.18. The van der Waals surface area contributed by atoms with Crippen LogP contribution in [0.2, 0.25) is 0 Å². The molecule has 0 bridgehead atoms. The van der Waals surface area contributed by atoms with Crippen molar-refractivity contribution >= 4 is 38.7 Å². The number of fused-ring (bicyclic) bond motifs is 1. The van der Waals surface area contributed by atoms with Gasteiger partial charge in [0.25, 0.3) is 0 Å². The van der Waals surface area contributed by atoms with E-state index >= 15 is 0 Å². The molecule has 2 N–H and O–H groups in total. The molecule has 0 saturated carbocycles. The van der Waals surface area contributed by atoms with E-state index in [2.05, 4.69) is 15.6 Å². The Kier molecular flexibility index (Phi) is 5.98. The molecule has 0 saturated heterocycles. The van der Waals surface area contributed by atoms with Crippen LogP contribution < -0.4 is 10.6 Å². The predicted octanol–water partition coefficient (Wildman–Crippen LogP) is 4.69. The quantitative estimate of drug-likeness (QED) is 0.776. The minimum atomic E-state index is -4.54. The number of halogens is 3. The molecule has 0 radical (unpaired) electrons. The van der Waals surface area contributed by atoms with E-state index in [1.54, 1.807) is 27.7 Å². The maximum Gasteiger partial charge on any atom is 0.416 e. The fraction of sp³-hybridized carbons (Fsp3) is 0.471. The van der Waals surface area contributed by atoms with Crippen LogP contribution in [-0.4, -0.2) is 22.6 Å². The molecule has 0 aliphatic carbocycles. The molecule has 1 heterocycles. The van der Waals surface area contributed by atoms with Gasteiger partial charge in [-0.15, -0.1) is 0 Å². The van der Waals surface area contributed by atoms with Gasteiger partial charge in [-0.3, -0.25) is 10.1 Å². The number of carbonyl (C=O) groups is 2. The first kappa shape index (κ1) is 20.9. The summed E-state index contributed by atoms with van der Waals surface area (Å²) in [5.41, 5.74) is -1.06. The molecule has 1 aromatic carbocycles. The molecule has 0 spiro atoms. The highest BCUT2D eigenvalue weighted by molar-refractivity contribution is 7.22. The van der Waals surface area contributed by atoms with Crippen LogP contribution in [-0.2, 0) is 22.3 Å². The van der Waals surface area contributed by atoms with Crippen LogP contribution in [0.25, 0.3) is 10.2 Å². The second-order valence-electron chi connectivity index (χ2n) is 6.76. The van der Waals surface area contributed by atoms with Crippen molar-refractivity contribution in [2.75, 3.05) is 5.32 Å². The Hall–Kier alpha value is -2.36. The molecular formula is C17H20F3N3O3S. The van der Waals surface area contributed by atoms with Crippen LogP contribution in [0, 0.1) is 0 Å². The van der Waals surface area contributed by atoms with Crippen molar-refractivity contribution < 1.29 is 27.5 Å². The van der Waals surface area contributed by atoms with Crippen LogP contribution in [0.4, 0.5) is 23.1 Å². The molecule has 0 atom stereocenters. The fourth-order valence-corrected chi connectivity index (χ4v) is 3.10. The van der Waals surface area contributed by atoms with Crippen molar-refractivity contribution in [2.45, 2.75) is 52.4 Å². The Morgan fingerprint density at radius 1 is 1.22 bits per heavy atom. The number of benzene rings is 1. The third-order valence-electron chi connectivity index (χ3n) is 3.31. The van der Waals surface area contributed by atoms with Crippen molar-refractivity contribution in [2.24, 2.45) is 0 Å². The SMILES string of the molecule is CCC(=O)NCc1cc(C(F)(F)F)cc2sc(NC(=O)OC(C)(C)C)nc12. The molecule has 0 fully saturated rings. The number of alkyl halides is 3. The number of nitrogens with zero attached hydrogens (tertiary/aromatic N) is 1. The number of nitrogens with one attached hydrogen (secondary N) is 2. The van der Waals surface area contributed by atoms with Gasteiger partial charge in [0.2, 0.25) is 5.91 Å². The first-order valence-electron chi connectivity index (χ1n) is 8.16. The van der Waals surface area contributed by atoms with E-state index in [9.17, 15) is 22.8 Å². The highest BCUT2D eigenvalue weighted by Gasteiger charge is 2.32. The van der Waals surface area contributed by atoms with Crippen LogP contribution in [0.15, 0.2) is 12.1 Å². The first-order valence-corrected chi connectivity index (χ1v) is 8.98. The maximum absolute atomic E-state index is 13.2. The number of amides is 2. The topological polar surface area (TPSA) is 80.3 Å². The van der Waals surface area contributed by atoms with E-state index in [-0.39, 0.29) is 39.8 Å². The van der Waals surface area contributed by atoms with E-state index in [1.165, 1.54) is 0 Å². The van der Waals surface area contributed by atoms with Crippen molar-refractivity contribution in [3.8, 4) is 0 Å². The van der Waals surface area contributed by atoms with Gasteiger partial charge < -0.3 is 10.1 Å². The Bertz CT molecular complexity index is 857. The highest BCUT2D eigenvalue weighted by Crippen LogP contribution is 2.36. The van der Waals surface area contributed by atoms with Crippen LogP contribution >= 0.6 is 11.3 Å². The molecular weight excluding hydrogens is 383 g/mol. The smallest absolute Gasteiger partial charge is 0.416 e. The largest absolute Gasteiger partial charge is 0.444 e. The Morgan fingerprint density at radius 3 is 2.44 bits per heavy atom. The second-order valence-corrected chi connectivity index (χ2v) is 7.79. The number of anilines is 1. The van der Waals surface area contributed by atoms with Gasteiger partial charge >= 0.3 is 12.3 Å². The Labute approximate surface area is 158 Å². The number of ether oxygens (including phenoxy) is 1. The Balaban J connectivity index is 2.38. The summed E-state index contributed by atoms with van der Waals surface area (Å²) < 4.78 is 44.9. The average Bonchev–Trinajstić information content (AvgIpc) is 2.91. The molecule has 1 aromatic heterocycles. The standard InChI is InChI=1S/C17H20F3N3O3S/c1-5-12(24)21-8-9-6-10(17(18,19)20)7-11-13(9)22-14(27-11)23-15(25)26-16(2,3)4/h6-7H,5,8H2,1-4H3,(H,21,24)(H,22,23,25). The van der Waals surface area contributed by atoms with Gasteiger partial charge in [-0.1, -0.05) is 18.3 Å². The summed E-state index contributed by atoms with van der Waals surface area (Å²) in [6.07, 6.45) is -5.08. The van der Waals surface area contributed by atoms with Crippen LogP contribution in [0.5, 0.6) is 0 Å². The molecule has 6 nitrogen and oxygen atoms in total. The van der Waals surface area contributed by atoms with Gasteiger partial charge in [0, 0.05) is 13.0 Å². The lowest BCUT2D eigenvalue weighted by atomic mass is 10.1. The van der Waals surface area contributed by atoms with Gasteiger partial charge in [-0.05, 0) is 38.5 Å². The molecule has 2 amide bonds. The third kappa shape index (κ3) is 5.81. The summed E-state index contributed by atoms with van der Waals surface area (Å²) in [6.45, 7) is 6.62. The monoisotopic (exact) mass is 403 g/mol. The van der Waals surface area contributed by atoms with E-state index in [1.807, 2.05) is 0 Å². The number of aromatic nitrogens is 1. The van der Waals surface area contributed by atoms with Gasteiger partial charge in [-0.25, -0.2) is 9.78 Å². The number of rotatable bonds is 4. The lowest BCUT2D eigenvalue weighted by molar-refractivity contribution is -0.137. The summed E-state index contributed by atoms with van der Waals surface area (Å²) in [7, 11) is 0. The van der Waals surface area contributed by atoms with Gasteiger partial charge in [0.15, 0.2) is 5.13 Å². The Morgan fingerprint density at radius 2 is 1.89 bits per heavy atom. The van der Waals surface area contributed by atoms with Crippen LogP contribution in [0.1, 0.15) is 45.2 Å². The zero-order valence-corrected chi connectivity index (χ0v) is 16.1. The molecule has 0 aliphatic rings. The minimum Gasteiger partial charge on any atom is -0.444 e. The highest BCUT2D eigenvalue weighted by atomic mass is 32.1. The summed E-state index contributed by atoms with van der Waals surface area (Å²) >= 11 is 0.900. The van der Waals surface area contributed by atoms with Gasteiger partial charge in [0.05, 0.1) is 15.8 Å². The number of hydrogen-bond acceptors (Lipinski definition) is 5. The maximum atomic E-state index is 13.2. The minimum absolute atomic E-state index is 0.0945. The molecule has 2 aromatic rings. The summed E-state index contributed by atoms with van der Waals surface area (Å²) in [4.78, 5) is 27.5.